The molecule has 2 N–H and O–H groups in total. The SMILES string of the molecule is N=C1CC(=Nc2ccc(O)cc2)C=CC1=O. The topological polar surface area (TPSA) is 73.5 Å². The third-order valence-electron chi connectivity index (χ3n) is 2.20. The van der Waals surface area contributed by atoms with Crippen molar-refractivity contribution in [2.24, 2.45) is 4.99 Å². The zero-order chi connectivity index (χ0) is 11.5. The van der Waals surface area contributed by atoms with Gasteiger partial charge in [-0.25, -0.2) is 0 Å². The highest BCUT2D eigenvalue weighted by Crippen LogP contribution is 2.18. The molecular weight excluding hydrogens is 204 g/mol. The standard InChI is InChI=1S/C12H10N2O2/c13-11-7-9(3-6-12(11)16)14-8-1-4-10(15)5-2-8/h1-6,13,15H,7H2. The van der Waals surface area contributed by atoms with Gasteiger partial charge in [-0.1, -0.05) is 0 Å². The van der Waals surface area contributed by atoms with Crippen molar-refractivity contribution in [2.45, 2.75) is 6.42 Å². The molecule has 0 spiro atoms. The molecule has 0 aromatic heterocycles. The van der Waals surface area contributed by atoms with E-state index in [9.17, 15) is 4.79 Å². The van der Waals surface area contributed by atoms with Crippen LogP contribution in [0.25, 0.3) is 0 Å². The van der Waals surface area contributed by atoms with Gasteiger partial charge in [0.15, 0.2) is 5.78 Å². The Hall–Kier alpha value is -2.23. The van der Waals surface area contributed by atoms with Crippen LogP contribution in [0, 0.1) is 5.41 Å². The van der Waals surface area contributed by atoms with E-state index in [4.69, 9.17) is 10.5 Å². The maximum absolute atomic E-state index is 11.0. The summed E-state index contributed by atoms with van der Waals surface area (Å²) < 4.78 is 0. The van der Waals surface area contributed by atoms with Crippen molar-refractivity contribution in [1.29, 1.82) is 5.41 Å². The third-order valence-corrected chi connectivity index (χ3v) is 2.20. The van der Waals surface area contributed by atoms with Crippen LogP contribution in [0.1, 0.15) is 6.42 Å². The molecule has 0 unspecified atom stereocenters. The Morgan fingerprint density at radius 2 is 1.88 bits per heavy atom. The summed E-state index contributed by atoms with van der Waals surface area (Å²) in [6.45, 7) is 0. The maximum Gasteiger partial charge on any atom is 0.199 e. The first-order chi connectivity index (χ1) is 7.65. The molecule has 0 saturated heterocycles. The summed E-state index contributed by atoms with van der Waals surface area (Å²) in [5.74, 6) is -0.0734. The zero-order valence-corrected chi connectivity index (χ0v) is 8.47. The van der Waals surface area contributed by atoms with E-state index >= 15 is 0 Å². The number of hydrogen-bond acceptors (Lipinski definition) is 4. The highest BCUT2D eigenvalue weighted by molar-refractivity contribution is 6.48. The van der Waals surface area contributed by atoms with E-state index in [0.717, 1.165) is 0 Å². The molecule has 0 amide bonds. The molecular formula is C12H10N2O2. The van der Waals surface area contributed by atoms with Gasteiger partial charge in [0, 0.05) is 12.1 Å². The highest BCUT2D eigenvalue weighted by atomic mass is 16.3. The van der Waals surface area contributed by atoms with E-state index in [1.807, 2.05) is 0 Å². The van der Waals surface area contributed by atoms with E-state index in [-0.39, 0.29) is 23.7 Å². The lowest BCUT2D eigenvalue weighted by Crippen LogP contribution is -2.18. The second-order valence-corrected chi connectivity index (χ2v) is 3.47. The van der Waals surface area contributed by atoms with Crippen molar-refractivity contribution in [2.75, 3.05) is 0 Å². The molecule has 0 aliphatic heterocycles. The second kappa shape index (κ2) is 4.10. The van der Waals surface area contributed by atoms with E-state index in [1.54, 1.807) is 30.3 Å². The van der Waals surface area contributed by atoms with Crippen molar-refractivity contribution in [1.82, 2.24) is 0 Å². The summed E-state index contributed by atoms with van der Waals surface area (Å²) in [7, 11) is 0. The molecule has 80 valence electrons. The Morgan fingerprint density at radius 1 is 1.19 bits per heavy atom. The molecule has 1 aromatic rings. The van der Waals surface area contributed by atoms with Crippen LogP contribution in [-0.2, 0) is 4.79 Å². The minimum atomic E-state index is -0.260. The highest BCUT2D eigenvalue weighted by Gasteiger charge is 2.13. The number of nitrogens with one attached hydrogen (secondary N) is 1. The number of aliphatic imine (C=N–C) groups is 1. The van der Waals surface area contributed by atoms with Crippen molar-refractivity contribution >= 4 is 22.9 Å². The first-order valence-corrected chi connectivity index (χ1v) is 4.81. The van der Waals surface area contributed by atoms with E-state index < -0.39 is 0 Å². The molecule has 1 aliphatic rings. The summed E-state index contributed by atoms with van der Waals surface area (Å²) in [5.41, 5.74) is 1.43. The first kappa shape index (κ1) is 10.3. The minimum absolute atomic E-state index is 0.0556. The Labute approximate surface area is 92.5 Å². The molecule has 0 radical (unpaired) electrons. The molecule has 4 heteroatoms. The summed E-state index contributed by atoms with van der Waals surface area (Å²) >= 11 is 0. The zero-order valence-electron chi connectivity index (χ0n) is 8.47. The van der Waals surface area contributed by atoms with Gasteiger partial charge in [-0.2, -0.15) is 0 Å². The average molecular weight is 214 g/mol. The smallest absolute Gasteiger partial charge is 0.199 e. The molecule has 2 rings (SSSR count). The van der Waals surface area contributed by atoms with Gasteiger partial charge in [-0.05, 0) is 36.4 Å². The Bertz CT molecular complexity index is 498. The second-order valence-electron chi connectivity index (χ2n) is 3.47. The van der Waals surface area contributed by atoms with Crippen molar-refractivity contribution in [3.8, 4) is 5.75 Å². The Balaban J connectivity index is 2.25. The van der Waals surface area contributed by atoms with Crippen LogP contribution in [-0.4, -0.2) is 22.3 Å². The van der Waals surface area contributed by atoms with Crippen LogP contribution < -0.4 is 0 Å². The van der Waals surface area contributed by atoms with Gasteiger partial charge < -0.3 is 10.5 Å². The third kappa shape index (κ3) is 2.23. The monoisotopic (exact) mass is 214 g/mol. The van der Waals surface area contributed by atoms with Crippen molar-refractivity contribution in [3.05, 3.63) is 36.4 Å². The number of nitrogens with zero attached hydrogens (tertiary/aromatic N) is 1. The molecule has 0 heterocycles. The minimum Gasteiger partial charge on any atom is -0.508 e. The lowest BCUT2D eigenvalue weighted by Gasteiger charge is -2.06. The molecule has 0 bridgehead atoms. The van der Waals surface area contributed by atoms with Crippen LogP contribution in [0.4, 0.5) is 5.69 Å². The predicted octanol–water partition coefficient (Wildman–Crippen LogP) is 2.01. The number of carbonyl (C=O) groups is 1. The molecule has 4 nitrogen and oxygen atoms in total. The molecule has 1 aromatic carbocycles. The number of allylic oxidation sites excluding steroid dienone is 2. The fraction of sp³-hybridized carbons (Fsp3) is 0.0833. The lowest BCUT2D eigenvalue weighted by molar-refractivity contribution is -0.109. The van der Waals surface area contributed by atoms with E-state index in [1.165, 1.54) is 6.08 Å². The predicted molar refractivity (Wildman–Crippen MR) is 61.7 cm³/mol. The Morgan fingerprint density at radius 3 is 2.50 bits per heavy atom. The van der Waals surface area contributed by atoms with Crippen LogP contribution in [0.15, 0.2) is 41.4 Å². The summed E-state index contributed by atoms with van der Waals surface area (Å²) in [4.78, 5) is 15.3. The number of ketones is 1. The van der Waals surface area contributed by atoms with Gasteiger partial charge in [0.2, 0.25) is 0 Å². The summed E-state index contributed by atoms with van der Waals surface area (Å²) in [6, 6.07) is 6.44. The van der Waals surface area contributed by atoms with Gasteiger partial charge in [0.25, 0.3) is 0 Å². The number of phenolic OH excluding ortho intramolecular Hbond substituents is 1. The lowest BCUT2D eigenvalue weighted by atomic mass is 10.0. The summed E-state index contributed by atoms with van der Waals surface area (Å²) in [5, 5.41) is 16.5. The van der Waals surface area contributed by atoms with Crippen LogP contribution >= 0.6 is 0 Å². The van der Waals surface area contributed by atoms with Gasteiger partial charge in [0.1, 0.15) is 5.75 Å². The number of aromatic hydroxyl groups is 1. The number of carbonyl (C=O) groups excluding carboxylic acids is 1. The van der Waals surface area contributed by atoms with Gasteiger partial charge in [-0.15, -0.1) is 0 Å². The normalized spacial score (nSPS) is 18.1. The van der Waals surface area contributed by atoms with Gasteiger partial charge in [0.05, 0.1) is 11.4 Å². The van der Waals surface area contributed by atoms with Crippen molar-refractivity contribution < 1.29 is 9.90 Å². The van der Waals surface area contributed by atoms with Gasteiger partial charge in [-0.3, -0.25) is 9.79 Å². The fourth-order valence-electron chi connectivity index (χ4n) is 1.37. The molecule has 0 saturated carbocycles. The van der Waals surface area contributed by atoms with Crippen molar-refractivity contribution in [3.63, 3.8) is 0 Å². The largest absolute Gasteiger partial charge is 0.508 e. The van der Waals surface area contributed by atoms with Crippen LogP contribution in [0.3, 0.4) is 0 Å². The molecule has 1 aliphatic carbocycles. The number of hydrogen-bond donors (Lipinski definition) is 2. The number of benzene rings is 1. The molecule has 0 atom stereocenters. The van der Waals surface area contributed by atoms with Crippen LogP contribution in [0.2, 0.25) is 0 Å². The molecule has 16 heavy (non-hydrogen) atoms. The quantitative estimate of drug-likeness (QED) is 0.750. The summed E-state index contributed by atoms with van der Waals surface area (Å²) in [6.07, 6.45) is 3.23. The maximum atomic E-state index is 11.0. The van der Waals surface area contributed by atoms with E-state index in [2.05, 4.69) is 4.99 Å². The van der Waals surface area contributed by atoms with Crippen LogP contribution in [0.5, 0.6) is 5.75 Å². The van der Waals surface area contributed by atoms with E-state index in [0.29, 0.717) is 11.4 Å². The number of rotatable bonds is 1. The fourth-order valence-corrected chi connectivity index (χ4v) is 1.37. The Kier molecular flexibility index (Phi) is 2.64. The number of phenols is 1. The van der Waals surface area contributed by atoms with Gasteiger partial charge >= 0.3 is 0 Å². The average Bonchev–Trinajstić information content (AvgIpc) is 2.27. The first-order valence-electron chi connectivity index (χ1n) is 4.81. The molecule has 0 fully saturated rings.